The predicted octanol–water partition coefficient (Wildman–Crippen LogP) is 4.08. The van der Waals surface area contributed by atoms with E-state index < -0.39 is 40.5 Å². The molecule has 0 radical (unpaired) electrons. The van der Waals surface area contributed by atoms with E-state index in [-0.39, 0.29) is 0 Å². The highest BCUT2D eigenvalue weighted by atomic mass is 32.2. The first-order chi connectivity index (χ1) is 9.72. The van der Waals surface area contributed by atoms with Gasteiger partial charge in [-0.05, 0) is 61.7 Å². The summed E-state index contributed by atoms with van der Waals surface area (Å²) in [7, 11) is 0. The summed E-state index contributed by atoms with van der Waals surface area (Å²) in [6, 6.07) is 0. The van der Waals surface area contributed by atoms with Crippen molar-refractivity contribution >= 4 is 11.1 Å². The first-order valence-corrected chi connectivity index (χ1v) is 8.64. The summed E-state index contributed by atoms with van der Waals surface area (Å²) in [4.78, 5) is 0. The monoisotopic (exact) mass is 328 g/mol. The minimum Gasteiger partial charge on any atom is -0.306 e. The molecule has 0 aliphatic heterocycles. The van der Waals surface area contributed by atoms with Crippen LogP contribution in [0.2, 0.25) is 0 Å². The van der Waals surface area contributed by atoms with Gasteiger partial charge in [-0.25, -0.2) is 21.8 Å². The summed E-state index contributed by atoms with van der Waals surface area (Å²) in [5.74, 6) is -2.93. The summed E-state index contributed by atoms with van der Waals surface area (Å²) >= 11 is -2.49. The second kappa shape index (κ2) is 5.18. The molecule has 0 spiro atoms. The Bertz CT molecular complexity index is 405. The lowest BCUT2D eigenvalue weighted by Crippen LogP contribution is -2.54. The van der Waals surface area contributed by atoms with Crippen LogP contribution >= 0.6 is 0 Å². The number of alkyl halides is 4. The van der Waals surface area contributed by atoms with Crippen LogP contribution < -0.4 is 0 Å². The maximum atomic E-state index is 13.4. The molecule has 21 heavy (non-hydrogen) atoms. The molecule has 0 aromatic rings. The van der Waals surface area contributed by atoms with Crippen LogP contribution in [0.15, 0.2) is 0 Å². The van der Waals surface area contributed by atoms with Gasteiger partial charge in [0.15, 0.2) is 11.1 Å². The van der Waals surface area contributed by atoms with Gasteiger partial charge in [-0.2, -0.15) is 0 Å². The lowest BCUT2D eigenvalue weighted by molar-refractivity contribution is -0.145. The van der Waals surface area contributed by atoms with Gasteiger partial charge in [0.05, 0.1) is 5.25 Å². The van der Waals surface area contributed by atoms with Crippen molar-refractivity contribution < 1.29 is 26.3 Å². The summed E-state index contributed by atoms with van der Waals surface area (Å²) < 4.78 is 73.0. The van der Waals surface area contributed by atoms with Gasteiger partial charge in [-0.3, -0.25) is 0 Å². The highest BCUT2D eigenvalue weighted by Crippen LogP contribution is 2.62. The summed E-state index contributed by atoms with van der Waals surface area (Å²) in [6.07, 6.45) is 0.178. The number of halogens is 4. The Morgan fingerprint density at radius 2 is 1.52 bits per heavy atom. The topological polar surface area (TPSA) is 37.3 Å². The molecule has 4 aliphatic rings. The van der Waals surface area contributed by atoms with Crippen LogP contribution in [-0.2, 0) is 11.1 Å². The lowest BCUT2D eigenvalue weighted by Gasteiger charge is -2.59. The van der Waals surface area contributed by atoms with Crippen molar-refractivity contribution in [3.63, 3.8) is 0 Å². The molecule has 1 N–H and O–H groups in total. The molecular weight excluding hydrogens is 308 g/mol. The molecule has 0 heterocycles. The van der Waals surface area contributed by atoms with E-state index in [4.69, 9.17) is 0 Å². The van der Waals surface area contributed by atoms with Crippen molar-refractivity contribution in [1.82, 2.24) is 0 Å². The Morgan fingerprint density at radius 1 is 1.10 bits per heavy atom. The number of hydrogen-bond donors (Lipinski definition) is 1. The molecule has 4 rings (SSSR count). The Balaban J connectivity index is 1.86. The highest BCUT2D eigenvalue weighted by Gasteiger charge is 2.58. The molecule has 4 saturated carbocycles. The van der Waals surface area contributed by atoms with E-state index in [2.05, 4.69) is 0 Å². The van der Waals surface area contributed by atoms with Gasteiger partial charge in [-0.1, -0.05) is 0 Å². The Labute approximate surface area is 124 Å². The van der Waals surface area contributed by atoms with E-state index in [0.717, 1.165) is 19.3 Å². The normalized spacial score (nSPS) is 41.5. The van der Waals surface area contributed by atoms with Crippen LogP contribution in [0, 0.1) is 23.2 Å². The average Bonchev–Trinajstić information content (AvgIpc) is 2.33. The van der Waals surface area contributed by atoms with Gasteiger partial charge in [-0.15, -0.1) is 0 Å². The van der Waals surface area contributed by atoms with E-state index in [0.29, 0.717) is 37.0 Å². The van der Waals surface area contributed by atoms with Crippen LogP contribution in [0.5, 0.6) is 0 Å². The van der Waals surface area contributed by atoms with E-state index in [9.17, 15) is 26.3 Å². The third kappa shape index (κ3) is 2.76. The minimum atomic E-state index is -4.19. The fourth-order valence-corrected chi connectivity index (χ4v) is 6.49. The summed E-state index contributed by atoms with van der Waals surface area (Å²) in [5.41, 5.74) is -0.632. The van der Waals surface area contributed by atoms with Crippen molar-refractivity contribution in [2.45, 2.75) is 62.5 Å². The van der Waals surface area contributed by atoms with Gasteiger partial charge in [0.1, 0.15) is 0 Å². The highest BCUT2D eigenvalue weighted by molar-refractivity contribution is 7.79. The van der Waals surface area contributed by atoms with Crippen LogP contribution in [0.25, 0.3) is 0 Å². The largest absolute Gasteiger partial charge is 0.308 e. The summed E-state index contributed by atoms with van der Waals surface area (Å²) in [5, 5.41) is -1.24. The van der Waals surface area contributed by atoms with Gasteiger partial charge < -0.3 is 4.55 Å². The molecule has 122 valence electrons. The molecular formula is C14H20F4O2S. The number of hydrogen-bond acceptors (Lipinski definition) is 1. The van der Waals surface area contributed by atoms with E-state index in [1.54, 1.807) is 0 Å². The first kappa shape index (κ1) is 15.7. The Hall–Kier alpha value is -0.170. The van der Waals surface area contributed by atoms with E-state index in [1.165, 1.54) is 0 Å². The third-order valence-electron chi connectivity index (χ3n) is 5.79. The van der Waals surface area contributed by atoms with Crippen molar-refractivity contribution in [2.75, 3.05) is 0 Å². The molecule has 0 saturated heterocycles. The van der Waals surface area contributed by atoms with Crippen LogP contribution in [0.3, 0.4) is 0 Å². The fourth-order valence-electron chi connectivity index (χ4n) is 5.41. The van der Waals surface area contributed by atoms with Gasteiger partial charge in [0, 0.05) is 6.42 Å². The van der Waals surface area contributed by atoms with Crippen LogP contribution in [-0.4, -0.2) is 26.4 Å². The zero-order valence-corrected chi connectivity index (χ0v) is 12.4. The molecule has 2 unspecified atom stereocenters. The fraction of sp³-hybridized carbons (Fsp3) is 1.00. The third-order valence-corrected chi connectivity index (χ3v) is 6.94. The molecule has 2 nitrogen and oxygen atoms in total. The van der Waals surface area contributed by atoms with E-state index >= 15 is 0 Å². The SMILES string of the molecule is O=S(O)C(CC(F)(F)C(F)F)C12CC3CC(CC(C3)C1)C2. The van der Waals surface area contributed by atoms with Crippen LogP contribution in [0.1, 0.15) is 44.9 Å². The standard InChI is InChI=1S/C14H20F4O2S/c15-12(16)14(17,18)7-11(21(19)20)13-4-8-1-9(5-13)3-10(2-8)6-13/h8-12H,1-7H2,(H,19,20). The Morgan fingerprint density at radius 3 is 1.86 bits per heavy atom. The molecule has 2 atom stereocenters. The maximum Gasteiger partial charge on any atom is 0.308 e. The molecule has 4 bridgehead atoms. The van der Waals surface area contributed by atoms with Gasteiger partial charge in [0.2, 0.25) is 0 Å². The zero-order chi connectivity index (χ0) is 15.4. The average molecular weight is 328 g/mol. The van der Waals surface area contributed by atoms with Crippen LogP contribution in [0.4, 0.5) is 17.6 Å². The van der Waals surface area contributed by atoms with E-state index in [1.807, 2.05) is 0 Å². The molecule has 7 heteroatoms. The summed E-state index contributed by atoms with van der Waals surface area (Å²) in [6.45, 7) is 0. The molecule has 0 amide bonds. The molecule has 4 aliphatic carbocycles. The lowest BCUT2D eigenvalue weighted by atomic mass is 9.48. The quantitative estimate of drug-likeness (QED) is 0.610. The van der Waals surface area contributed by atoms with Crippen molar-refractivity contribution in [3.05, 3.63) is 0 Å². The maximum absolute atomic E-state index is 13.4. The van der Waals surface area contributed by atoms with Gasteiger partial charge in [0.25, 0.3) is 0 Å². The second-order valence-corrected chi connectivity index (χ2v) is 8.43. The zero-order valence-electron chi connectivity index (χ0n) is 11.6. The molecule has 4 fully saturated rings. The smallest absolute Gasteiger partial charge is 0.306 e. The molecule has 0 aromatic carbocycles. The van der Waals surface area contributed by atoms with Crippen molar-refractivity contribution in [3.8, 4) is 0 Å². The first-order valence-electron chi connectivity index (χ1n) is 7.47. The van der Waals surface area contributed by atoms with Crippen molar-refractivity contribution in [2.24, 2.45) is 23.2 Å². The Kier molecular flexibility index (Phi) is 3.88. The van der Waals surface area contributed by atoms with Gasteiger partial charge >= 0.3 is 12.3 Å². The number of rotatable bonds is 5. The molecule has 0 aromatic heterocycles. The second-order valence-electron chi connectivity index (χ2n) is 7.31. The van der Waals surface area contributed by atoms with Crippen molar-refractivity contribution in [1.29, 1.82) is 0 Å². The predicted molar refractivity (Wildman–Crippen MR) is 70.7 cm³/mol. The minimum absolute atomic E-state index is 0.419.